The summed E-state index contributed by atoms with van der Waals surface area (Å²) in [6.07, 6.45) is 3.66. The van der Waals surface area contributed by atoms with E-state index in [9.17, 15) is 9.90 Å². The third-order valence-electron chi connectivity index (χ3n) is 4.74. The molecule has 1 heterocycles. The average Bonchev–Trinajstić information content (AvgIpc) is 3.15. The number of carbonyl (C=O) groups is 1. The fraction of sp³-hybridized carbons (Fsp3) is 0.211. The van der Waals surface area contributed by atoms with E-state index in [1.807, 2.05) is 35.0 Å². The van der Waals surface area contributed by atoms with Crippen LogP contribution in [0, 0.1) is 0 Å². The number of carbonyl (C=O) groups excluding carboxylic acids is 1. The first-order valence-corrected chi connectivity index (χ1v) is 8.17. The molecule has 4 nitrogen and oxygen atoms in total. The average molecular weight is 342 g/mol. The molecule has 2 aromatic carbocycles. The Labute approximate surface area is 144 Å². The van der Waals surface area contributed by atoms with E-state index >= 15 is 0 Å². The van der Waals surface area contributed by atoms with Crippen LogP contribution < -0.4 is 0 Å². The van der Waals surface area contributed by atoms with Crippen LogP contribution in [0.3, 0.4) is 0 Å². The molecule has 1 atom stereocenters. The monoisotopic (exact) mass is 341 g/mol. The minimum absolute atomic E-state index is 0.0372. The summed E-state index contributed by atoms with van der Waals surface area (Å²) in [5.41, 5.74) is 2.79. The van der Waals surface area contributed by atoms with Crippen molar-refractivity contribution in [3.05, 3.63) is 64.3 Å². The van der Waals surface area contributed by atoms with E-state index < -0.39 is 0 Å². The fourth-order valence-corrected chi connectivity index (χ4v) is 3.86. The molecular weight excluding hydrogens is 326 g/mol. The maximum atomic E-state index is 11.7. The molecule has 0 radical (unpaired) electrons. The second-order valence-corrected chi connectivity index (χ2v) is 6.43. The zero-order valence-corrected chi connectivity index (χ0v) is 13.9. The number of halogens is 1. The number of benzene rings is 2. The number of ether oxygens (including phenoxy) is 1. The molecule has 5 heteroatoms. The highest BCUT2D eigenvalue weighted by Crippen LogP contribution is 2.42. The van der Waals surface area contributed by atoms with E-state index in [4.69, 9.17) is 16.3 Å². The fourth-order valence-electron chi connectivity index (χ4n) is 3.59. The molecule has 0 bridgehead atoms. The summed E-state index contributed by atoms with van der Waals surface area (Å²) in [5, 5.41) is 12.8. The Morgan fingerprint density at radius 1 is 1.33 bits per heavy atom. The first-order valence-electron chi connectivity index (χ1n) is 7.79. The van der Waals surface area contributed by atoms with Crippen LogP contribution in [0.25, 0.3) is 10.8 Å². The molecule has 0 unspecified atom stereocenters. The van der Waals surface area contributed by atoms with Gasteiger partial charge in [0.2, 0.25) is 5.88 Å². The van der Waals surface area contributed by atoms with Gasteiger partial charge in [-0.3, -0.25) is 0 Å². The summed E-state index contributed by atoms with van der Waals surface area (Å²) in [4.78, 5) is 11.7. The number of aromatic nitrogens is 1. The second-order valence-electron chi connectivity index (χ2n) is 6.02. The molecule has 1 aliphatic rings. The molecule has 0 saturated heterocycles. The van der Waals surface area contributed by atoms with E-state index in [1.54, 1.807) is 12.1 Å². The van der Waals surface area contributed by atoms with Crippen molar-refractivity contribution in [2.45, 2.75) is 18.9 Å². The normalized spacial score (nSPS) is 16.3. The minimum Gasteiger partial charge on any atom is -0.494 e. The third kappa shape index (κ3) is 2.18. The van der Waals surface area contributed by atoms with Crippen molar-refractivity contribution >= 4 is 28.3 Å². The van der Waals surface area contributed by atoms with Gasteiger partial charge in [0.15, 0.2) is 0 Å². The van der Waals surface area contributed by atoms with Crippen LogP contribution in [-0.2, 0) is 11.2 Å². The maximum absolute atomic E-state index is 11.7. The van der Waals surface area contributed by atoms with Crippen LogP contribution >= 0.6 is 11.6 Å². The van der Waals surface area contributed by atoms with E-state index in [-0.39, 0.29) is 17.9 Å². The van der Waals surface area contributed by atoms with Crippen molar-refractivity contribution in [2.24, 2.45) is 0 Å². The highest BCUT2D eigenvalue weighted by molar-refractivity contribution is 6.36. The standard InChI is InChI=1S/C19H16ClNO3/c1-24-19(23)12-5-7-14-11(9-12)6-8-16(14)21-10-13-3-2-4-15(20)17(13)18(21)22/h2-5,7,9-10,16,22H,6,8H2,1H3/t16-/m0/s1. The molecule has 0 fully saturated rings. The van der Waals surface area contributed by atoms with Gasteiger partial charge in [0.25, 0.3) is 0 Å². The van der Waals surface area contributed by atoms with Crippen LogP contribution in [0.15, 0.2) is 42.6 Å². The van der Waals surface area contributed by atoms with E-state index in [2.05, 4.69) is 0 Å². The molecule has 0 saturated carbocycles. The Hall–Kier alpha value is -2.46. The lowest BCUT2D eigenvalue weighted by Gasteiger charge is -2.15. The van der Waals surface area contributed by atoms with Crippen molar-refractivity contribution in [2.75, 3.05) is 7.11 Å². The number of nitrogens with zero attached hydrogens (tertiary/aromatic N) is 1. The van der Waals surface area contributed by atoms with Crippen LogP contribution in [0.5, 0.6) is 5.88 Å². The first-order chi connectivity index (χ1) is 11.6. The van der Waals surface area contributed by atoms with Crippen LogP contribution in [0.2, 0.25) is 5.02 Å². The van der Waals surface area contributed by atoms with Gasteiger partial charge in [0, 0.05) is 11.6 Å². The number of esters is 1. The minimum atomic E-state index is -0.331. The van der Waals surface area contributed by atoms with Crippen molar-refractivity contribution in [1.82, 2.24) is 4.57 Å². The van der Waals surface area contributed by atoms with Crippen LogP contribution in [0.1, 0.15) is 33.9 Å². The Balaban J connectivity index is 1.80. The molecule has 3 aromatic rings. The summed E-state index contributed by atoms with van der Waals surface area (Å²) in [6.45, 7) is 0. The van der Waals surface area contributed by atoms with Gasteiger partial charge < -0.3 is 14.4 Å². The first kappa shape index (κ1) is 15.1. The Kier molecular flexibility index (Phi) is 3.50. The van der Waals surface area contributed by atoms with Crippen molar-refractivity contribution in [1.29, 1.82) is 0 Å². The molecule has 0 spiro atoms. The molecule has 1 aliphatic carbocycles. The van der Waals surface area contributed by atoms with Crippen molar-refractivity contribution in [3.8, 4) is 5.88 Å². The molecule has 0 aliphatic heterocycles. The highest BCUT2D eigenvalue weighted by atomic mass is 35.5. The SMILES string of the molecule is COC(=O)c1ccc2c(c1)CC[C@@H]2n1cc2cccc(Cl)c2c1O. The van der Waals surface area contributed by atoms with E-state index in [0.717, 1.165) is 29.4 Å². The predicted molar refractivity (Wildman–Crippen MR) is 92.9 cm³/mol. The van der Waals surface area contributed by atoms with E-state index in [1.165, 1.54) is 7.11 Å². The zero-order valence-electron chi connectivity index (χ0n) is 13.1. The number of methoxy groups -OCH3 is 1. The van der Waals surface area contributed by atoms with Gasteiger partial charge in [-0.05, 0) is 42.2 Å². The highest BCUT2D eigenvalue weighted by Gasteiger charge is 2.27. The summed E-state index contributed by atoms with van der Waals surface area (Å²) < 4.78 is 6.66. The molecule has 0 amide bonds. The van der Waals surface area contributed by atoms with Gasteiger partial charge >= 0.3 is 5.97 Å². The largest absolute Gasteiger partial charge is 0.494 e. The van der Waals surface area contributed by atoms with Crippen LogP contribution in [-0.4, -0.2) is 22.8 Å². The number of aryl methyl sites for hydroxylation is 1. The topological polar surface area (TPSA) is 51.5 Å². The van der Waals surface area contributed by atoms with Crippen LogP contribution in [0.4, 0.5) is 0 Å². The molecule has 4 rings (SSSR count). The summed E-state index contributed by atoms with van der Waals surface area (Å²) in [6, 6.07) is 11.2. The molecule has 1 N–H and O–H groups in total. The summed E-state index contributed by atoms with van der Waals surface area (Å²) >= 11 is 6.23. The molecule has 122 valence electrons. The van der Waals surface area contributed by atoms with Gasteiger partial charge in [-0.15, -0.1) is 0 Å². The van der Waals surface area contributed by atoms with Gasteiger partial charge in [-0.1, -0.05) is 29.8 Å². The number of hydrogen-bond donors (Lipinski definition) is 1. The maximum Gasteiger partial charge on any atom is 0.337 e. The van der Waals surface area contributed by atoms with Gasteiger partial charge in [0.05, 0.1) is 29.1 Å². The number of hydrogen-bond acceptors (Lipinski definition) is 3. The quantitative estimate of drug-likeness (QED) is 0.706. The Morgan fingerprint density at radius 3 is 2.92 bits per heavy atom. The lowest BCUT2D eigenvalue weighted by atomic mass is 10.0. The molecule has 1 aromatic heterocycles. The second kappa shape index (κ2) is 5.56. The molecule has 24 heavy (non-hydrogen) atoms. The van der Waals surface area contributed by atoms with E-state index in [0.29, 0.717) is 16.0 Å². The summed E-state index contributed by atoms with van der Waals surface area (Å²) in [7, 11) is 1.38. The summed E-state index contributed by atoms with van der Waals surface area (Å²) in [5.74, 6) is -0.145. The number of fused-ring (bicyclic) bond motifs is 2. The molecular formula is C19H16ClNO3. The third-order valence-corrected chi connectivity index (χ3v) is 5.05. The number of aromatic hydroxyl groups is 1. The van der Waals surface area contributed by atoms with Gasteiger partial charge in [-0.2, -0.15) is 0 Å². The van der Waals surface area contributed by atoms with Crippen molar-refractivity contribution in [3.63, 3.8) is 0 Å². The van der Waals surface area contributed by atoms with Gasteiger partial charge in [-0.25, -0.2) is 4.79 Å². The Bertz CT molecular complexity index is 961. The number of rotatable bonds is 2. The lowest BCUT2D eigenvalue weighted by molar-refractivity contribution is 0.0600. The van der Waals surface area contributed by atoms with Crippen molar-refractivity contribution < 1.29 is 14.6 Å². The zero-order chi connectivity index (χ0) is 16.8. The van der Waals surface area contributed by atoms with Gasteiger partial charge in [0.1, 0.15) is 0 Å². The Morgan fingerprint density at radius 2 is 2.17 bits per heavy atom. The lowest BCUT2D eigenvalue weighted by Crippen LogP contribution is -2.06. The smallest absolute Gasteiger partial charge is 0.337 e. The predicted octanol–water partition coefficient (Wildman–Crippen LogP) is 4.32.